The van der Waals surface area contributed by atoms with Crippen molar-refractivity contribution in [3.05, 3.63) is 0 Å². The van der Waals surface area contributed by atoms with Crippen molar-refractivity contribution in [1.82, 2.24) is 9.80 Å². The smallest absolute Gasteiger partial charge is 0 e. The van der Waals surface area contributed by atoms with Crippen molar-refractivity contribution in [2.75, 3.05) is 40.3 Å². The van der Waals surface area contributed by atoms with E-state index < -0.39 is 0 Å². The van der Waals surface area contributed by atoms with Gasteiger partial charge < -0.3 is 9.80 Å². The van der Waals surface area contributed by atoms with Gasteiger partial charge in [-0.05, 0) is 46.7 Å². The highest BCUT2D eigenvalue weighted by molar-refractivity contribution is 4.41. The quantitative estimate of drug-likeness (QED) is 0.621. The van der Waals surface area contributed by atoms with E-state index in [1.165, 1.54) is 19.5 Å². The summed E-state index contributed by atoms with van der Waals surface area (Å²) in [7, 11) is 4.25. The van der Waals surface area contributed by atoms with Crippen molar-refractivity contribution in [2.45, 2.75) is 75.7 Å². The maximum Gasteiger partial charge on any atom is 0 e. The Hall–Kier alpha value is -0.0800. The molecule has 0 aliphatic carbocycles. The van der Waals surface area contributed by atoms with Gasteiger partial charge in [0.25, 0.3) is 0 Å². The molecular formula is C17H50N2. The molecule has 0 fully saturated rings. The molecule has 0 aliphatic heterocycles. The van der Waals surface area contributed by atoms with Gasteiger partial charge in [-0.3, -0.25) is 0 Å². The maximum atomic E-state index is 2.31. The van der Waals surface area contributed by atoms with E-state index in [4.69, 9.17) is 0 Å². The van der Waals surface area contributed by atoms with Crippen molar-refractivity contribution in [1.29, 1.82) is 0 Å². The molecule has 0 aromatic heterocycles. The summed E-state index contributed by atoms with van der Waals surface area (Å²) in [5.74, 6) is 0. The predicted molar refractivity (Wildman–Crippen MR) is 101 cm³/mol. The van der Waals surface area contributed by atoms with E-state index in [1.807, 2.05) is 41.5 Å². The molecule has 0 amide bonds. The molecule has 19 heavy (non-hydrogen) atoms. The van der Waals surface area contributed by atoms with E-state index in [2.05, 4.69) is 51.6 Å². The monoisotopic (exact) mass is 282 g/mol. The standard InChI is InChI=1S/C6H15N.C5H13N.3C2H6.2H2/c1-4-6-7(3)5-2;1-4-6(3)5-2;3*1-2;;/h4-6H2,1-3H3;4-5H2,1-3H3;3*1-2H3;2*1H. The van der Waals surface area contributed by atoms with Crippen LogP contribution in [0, 0.1) is 0 Å². The fourth-order valence-electron chi connectivity index (χ4n) is 0.763. The number of nitrogens with zero attached hydrogens (tertiary/aromatic N) is 2. The Kier molecular flexibility index (Phi) is 71.0. The lowest BCUT2D eigenvalue weighted by molar-refractivity contribution is 0.353. The third-order valence-electron chi connectivity index (χ3n) is 2.22. The van der Waals surface area contributed by atoms with Crippen LogP contribution in [0.1, 0.15) is 78.5 Å². The van der Waals surface area contributed by atoms with Gasteiger partial charge in [-0.15, -0.1) is 0 Å². The highest BCUT2D eigenvalue weighted by atomic mass is 15.1. The SMILES string of the molecule is CC.CC.CC.CCCN(C)CC.CCN(C)CC.[HH].[HH]. The predicted octanol–water partition coefficient (Wildman–Crippen LogP) is 5.88. The minimum atomic E-state index is 0. The molecule has 0 rings (SSSR count). The Bertz CT molecular complexity index is 90.9. The molecule has 0 unspecified atom stereocenters. The Morgan fingerprint density at radius 1 is 0.579 bits per heavy atom. The lowest BCUT2D eigenvalue weighted by Gasteiger charge is -2.10. The van der Waals surface area contributed by atoms with Crippen LogP contribution in [0.5, 0.6) is 0 Å². The molecule has 2 heteroatoms. The summed E-state index contributed by atoms with van der Waals surface area (Å²) in [4.78, 5) is 4.56. The lowest BCUT2D eigenvalue weighted by Crippen LogP contribution is -2.17. The molecule has 0 aromatic rings. The average molecular weight is 283 g/mol. The van der Waals surface area contributed by atoms with Gasteiger partial charge in [0.2, 0.25) is 0 Å². The third kappa shape index (κ3) is 57.1. The summed E-state index contributed by atoms with van der Waals surface area (Å²) in [6.07, 6.45) is 1.27. The molecule has 0 spiro atoms. The Morgan fingerprint density at radius 2 is 0.842 bits per heavy atom. The molecule has 0 bridgehead atoms. The van der Waals surface area contributed by atoms with Crippen molar-refractivity contribution >= 4 is 0 Å². The van der Waals surface area contributed by atoms with E-state index >= 15 is 0 Å². The van der Waals surface area contributed by atoms with Crippen LogP contribution in [0.4, 0.5) is 0 Å². The Balaban J connectivity index is -0.0000000258. The summed E-state index contributed by atoms with van der Waals surface area (Å²) in [6.45, 7) is 25.4. The highest BCUT2D eigenvalue weighted by Crippen LogP contribution is 1.82. The van der Waals surface area contributed by atoms with E-state index in [0.29, 0.717) is 0 Å². The van der Waals surface area contributed by atoms with Crippen molar-refractivity contribution in [3.63, 3.8) is 0 Å². The van der Waals surface area contributed by atoms with E-state index in [0.717, 1.165) is 13.1 Å². The minimum absolute atomic E-state index is 0. The number of rotatable bonds is 5. The largest absolute Gasteiger partial charge is 0.307 e. The molecule has 0 heterocycles. The van der Waals surface area contributed by atoms with E-state index in [1.54, 1.807) is 0 Å². The zero-order chi connectivity index (χ0) is 16.7. The number of hydrogen-bond donors (Lipinski definition) is 0. The lowest BCUT2D eigenvalue weighted by atomic mass is 10.4. The van der Waals surface area contributed by atoms with Crippen LogP contribution in [0.25, 0.3) is 0 Å². The summed E-state index contributed by atoms with van der Waals surface area (Å²) >= 11 is 0. The molecule has 0 saturated heterocycles. The van der Waals surface area contributed by atoms with Gasteiger partial charge in [0.15, 0.2) is 0 Å². The molecule has 0 saturated carbocycles. The van der Waals surface area contributed by atoms with Gasteiger partial charge in [-0.2, -0.15) is 0 Å². The Morgan fingerprint density at radius 3 is 0.895 bits per heavy atom. The van der Waals surface area contributed by atoms with Crippen LogP contribution >= 0.6 is 0 Å². The minimum Gasteiger partial charge on any atom is -0.307 e. The molecular weight excluding hydrogens is 232 g/mol. The van der Waals surface area contributed by atoms with Gasteiger partial charge in [-0.25, -0.2) is 0 Å². The topological polar surface area (TPSA) is 6.48 Å². The van der Waals surface area contributed by atoms with Crippen LogP contribution in [0.3, 0.4) is 0 Å². The van der Waals surface area contributed by atoms with Gasteiger partial charge in [0, 0.05) is 2.85 Å². The van der Waals surface area contributed by atoms with Crippen molar-refractivity contribution in [3.8, 4) is 0 Å². The first-order valence-electron chi connectivity index (χ1n) is 8.49. The summed E-state index contributed by atoms with van der Waals surface area (Å²) in [6, 6.07) is 0. The maximum absolute atomic E-state index is 2.31. The fraction of sp³-hybridized carbons (Fsp3) is 1.00. The average Bonchev–Trinajstić information content (AvgIpc) is 2.53. The Labute approximate surface area is 129 Å². The summed E-state index contributed by atoms with van der Waals surface area (Å²) < 4.78 is 0. The first kappa shape index (κ1) is 31.4. The molecule has 0 aliphatic rings. The molecule has 0 aromatic carbocycles. The molecule has 2 nitrogen and oxygen atoms in total. The third-order valence-corrected chi connectivity index (χ3v) is 2.22. The number of hydrogen-bond acceptors (Lipinski definition) is 2. The fourth-order valence-corrected chi connectivity index (χ4v) is 0.763. The summed E-state index contributed by atoms with van der Waals surface area (Å²) in [5.41, 5.74) is 0. The molecule has 0 radical (unpaired) electrons. The molecule has 0 atom stereocenters. The zero-order valence-electron chi connectivity index (χ0n) is 16.4. The van der Waals surface area contributed by atoms with Gasteiger partial charge >= 0.3 is 0 Å². The first-order valence-corrected chi connectivity index (χ1v) is 8.49. The zero-order valence-corrected chi connectivity index (χ0v) is 16.4. The molecule has 128 valence electrons. The second-order valence-electron chi connectivity index (χ2n) is 3.38. The van der Waals surface area contributed by atoms with Crippen LogP contribution in [-0.2, 0) is 0 Å². The van der Waals surface area contributed by atoms with E-state index in [9.17, 15) is 0 Å². The highest BCUT2D eigenvalue weighted by Gasteiger charge is 1.86. The second-order valence-corrected chi connectivity index (χ2v) is 3.38. The second kappa shape index (κ2) is 43.0. The van der Waals surface area contributed by atoms with Gasteiger partial charge in [0.1, 0.15) is 0 Å². The van der Waals surface area contributed by atoms with Crippen LogP contribution in [-0.4, -0.2) is 50.1 Å². The summed E-state index contributed by atoms with van der Waals surface area (Å²) in [5, 5.41) is 0. The van der Waals surface area contributed by atoms with E-state index in [-0.39, 0.29) is 2.85 Å². The molecule has 0 N–H and O–H groups in total. The normalized spacial score (nSPS) is 7.89. The van der Waals surface area contributed by atoms with Crippen LogP contribution < -0.4 is 0 Å². The van der Waals surface area contributed by atoms with Crippen molar-refractivity contribution in [2.24, 2.45) is 0 Å². The van der Waals surface area contributed by atoms with Crippen LogP contribution in [0.2, 0.25) is 0 Å². The van der Waals surface area contributed by atoms with Crippen LogP contribution in [0.15, 0.2) is 0 Å². The van der Waals surface area contributed by atoms with Gasteiger partial charge in [0.05, 0.1) is 0 Å². The first-order chi connectivity index (χ1) is 9.12. The van der Waals surface area contributed by atoms with Gasteiger partial charge in [-0.1, -0.05) is 69.2 Å². The van der Waals surface area contributed by atoms with Crippen molar-refractivity contribution < 1.29 is 2.85 Å².